The summed E-state index contributed by atoms with van der Waals surface area (Å²) in [6, 6.07) is 5.89. The molecule has 0 saturated heterocycles. The van der Waals surface area contributed by atoms with Crippen LogP contribution in [0.4, 0.5) is 10.1 Å². The molecule has 0 atom stereocenters. The molecule has 0 aliphatic carbocycles. The quantitative estimate of drug-likeness (QED) is 0.836. The number of nitrogens with two attached hydrogens (primary N) is 1. The van der Waals surface area contributed by atoms with E-state index in [1.54, 1.807) is 18.3 Å². The Morgan fingerprint density at radius 1 is 1.35 bits per heavy atom. The summed E-state index contributed by atoms with van der Waals surface area (Å²) in [6.45, 7) is 0. The van der Waals surface area contributed by atoms with Crippen LogP contribution in [-0.2, 0) is 0 Å². The first-order chi connectivity index (χ1) is 8.11. The molecular formula is C12H10ClFN2O. The second-order valence-corrected chi connectivity index (χ2v) is 3.84. The molecule has 0 bridgehead atoms. The lowest BCUT2D eigenvalue weighted by Gasteiger charge is -2.08. The highest BCUT2D eigenvalue weighted by Crippen LogP contribution is 2.33. The van der Waals surface area contributed by atoms with Gasteiger partial charge in [-0.2, -0.15) is 0 Å². The van der Waals surface area contributed by atoms with Crippen molar-refractivity contribution >= 4 is 17.3 Å². The number of nitrogen functional groups attached to an aromatic ring is 1. The Bertz CT molecular complexity index is 560. The van der Waals surface area contributed by atoms with Crippen LogP contribution in [0.5, 0.6) is 5.88 Å². The number of benzene rings is 1. The third-order valence-corrected chi connectivity index (χ3v) is 2.66. The molecule has 5 heteroatoms. The number of hydrogen-bond donors (Lipinski definition) is 1. The van der Waals surface area contributed by atoms with E-state index in [-0.39, 0.29) is 5.02 Å². The second-order valence-electron chi connectivity index (χ2n) is 3.44. The standard InChI is InChI=1S/C12H10ClFN2O/c1-17-11-4-7(2-3-16-11)9-5-8(14)6-10(13)12(9)15/h2-6H,15H2,1H3. The van der Waals surface area contributed by atoms with E-state index in [0.29, 0.717) is 22.7 Å². The summed E-state index contributed by atoms with van der Waals surface area (Å²) in [7, 11) is 1.51. The van der Waals surface area contributed by atoms with Crippen molar-refractivity contribution in [3.8, 4) is 17.0 Å². The van der Waals surface area contributed by atoms with Gasteiger partial charge in [0.15, 0.2) is 0 Å². The van der Waals surface area contributed by atoms with Crippen molar-refractivity contribution < 1.29 is 9.13 Å². The van der Waals surface area contributed by atoms with Crippen LogP contribution in [0.25, 0.3) is 11.1 Å². The molecule has 2 aromatic rings. The molecule has 17 heavy (non-hydrogen) atoms. The number of halogens is 2. The predicted octanol–water partition coefficient (Wildman–Crippen LogP) is 3.13. The molecule has 2 rings (SSSR count). The van der Waals surface area contributed by atoms with E-state index in [0.717, 1.165) is 0 Å². The zero-order valence-electron chi connectivity index (χ0n) is 9.08. The molecule has 0 saturated carbocycles. The van der Waals surface area contributed by atoms with Crippen LogP contribution in [-0.4, -0.2) is 12.1 Å². The van der Waals surface area contributed by atoms with Crippen LogP contribution < -0.4 is 10.5 Å². The van der Waals surface area contributed by atoms with Crippen LogP contribution >= 0.6 is 11.6 Å². The van der Waals surface area contributed by atoms with Crippen LogP contribution in [0, 0.1) is 5.82 Å². The summed E-state index contributed by atoms with van der Waals surface area (Å²) in [5.74, 6) is -0.00253. The molecule has 0 amide bonds. The molecule has 0 spiro atoms. The third kappa shape index (κ3) is 2.31. The van der Waals surface area contributed by atoms with E-state index < -0.39 is 5.82 Å². The summed E-state index contributed by atoms with van der Waals surface area (Å²) in [5.41, 5.74) is 7.38. The van der Waals surface area contributed by atoms with Crippen molar-refractivity contribution in [2.24, 2.45) is 0 Å². The van der Waals surface area contributed by atoms with Crippen molar-refractivity contribution in [3.05, 3.63) is 41.3 Å². The Hall–Kier alpha value is -1.81. The summed E-state index contributed by atoms with van der Waals surface area (Å²) in [4.78, 5) is 3.97. The van der Waals surface area contributed by atoms with Gasteiger partial charge in [0.2, 0.25) is 5.88 Å². The van der Waals surface area contributed by atoms with Gasteiger partial charge in [-0.25, -0.2) is 9.37 Å². The maximum absolute atomic E-state index is 13.3. The fourth-order valence-electron chi connectivity index (χ4n) is 1.51. The Labute approximate surface area is 103 Å². The van der Waals surface area contributed by atoms with Crippen molar-refractivity contribution in [1.82, 2.24) is 4.98 Å². The van der Waals surface area contributed by atoms with Gasteiger partial charge in [-0.05, 0) is 23.8 Å². The van der Waals surface area contributed by atoms with Gasteiger partial charge in [0, 0.05) is 17.8 Å². The maximum Gasteiger partial charge on any atom is 0.213 e. The normalized spacial score (nSPS) is 10.3. The van der Waals surface area contributed by atoms with Gasteiger partial charge in [0.05, 0.1) is 17.8 Å². The summed E-state index contributed by atoms with van der Waals surface area (Å²) in [5, 5.41) is 0.191. The van der Waals surface area contributed by atoms with Gasteiger partial charge < -0.3 is 10.5 Å². The maximum atomic E-state index is 13.3. The molecule has 0 aliphatic rings. The average molecular weight is 253 g/mol. The number of anilines is 1. The van der Waals surface area contributed by atoms with E-state index >= 15 is 0 Å². The number of aromatic nitrogens is 1. The predicted molar refractivity (Wildman–Crippen MR) is 65.6 cm³/mol. The van der Waals surface area contributed by atoms with Gasteiger partial charge in [0.1, 0.15) is 5.82 Å². The van der Waals surface area contributed by atoms with Crippen LogP contribution in [0.3, 0.4) is 0 Å². The molecule has 0 radical (unpaired) electrons. The summed E-state index contributed by atoms with van der Waals surface area (Å²) in [6.07, 6.45) is 1.56. The molecule has 1 aromatic heterocycles. The minimum atomic E-state index is -0.435. The van der Waals surface area contributed by atoms with Crippen LogP contribution in [0.15, 0.2) is 30.5 Å². The molecule has 1 aromatic carbocycles. The van der Waals surface area contributed by atoms with Crippen molar-refractivity contribution in [1.29, 1.82) is 0 Å². The lowest BCUT2D eigenvalue weighted by molar-refractivity contribution is 0.398. The first-order valence-corrected chi connectivity index (χ1v) is 5.24. The molecule has 88 valence electrons. The van der Waals surface area contributed by atoms with Crippen molar-refractivity contribution in [3.63, 3.8) is 0 Å². The van der Waals surface area contributed by atoms with Gasteiger partial charge in [-0.1, -0.05) is 11.6 Å². The molecule has 0 fully saturated rings. The largest absolute Gasteiger partial charge is 0.481 e. The summed E-state index contributed by atoms with van der Waals surface area (Å²) >= 11 is 5.83. The Balaban J connectivity index is 2.59. The zero-order valence-corrected chi connectivity index (χ0v) is 9.83. The van der Waals surface area contributed by atoms with E-state index in [9.17, 15) is 4.39 Å². The number of pyridine rings is 1. The smallest absolute Gasteiger partial charge is 0.213 e. The monoisotopic (exact) mass is 252 g/mol. The third-order valence-electron chi connectivity index (χ3n) is 2.35. The Morgan fingerprint density at radius 3 is 2.82 bits per heavy atom. The number of methoxy groups -OCH3 is 1. The highest BCUT2D eigenvalue weighted by molar-refractivity contribution is 6.33. The van der Waals surface area contributed by atoms with E-state index in [2.05, 4.69) is 4.98 Å². The average Bonchev–Trinajstić information content (AvgIpc) is 2.34. The highest BCUT2D eigenvalue weighted by atomic mass is 35.5. The SMILES string of the molecule is COc1cc(-c2cc(F)cc(Cl)c2N)ccn1. The van der Waals surface area contributed by atoms with Gasteiger partial charge >= 0.3 is 0 Å². The fraction of sp³-hybridized carbons (Fsp3) is 0.0833. The van der Waals surface area contributed by atoms with Crippen LogP contribution in [0.1, 0.15) is 0 Å². The van der Waals surface area contributed by atoms with Crippen molar-refractivity contribution in [2.45, 2.75) is 0 Å². The number of hydrogen-bond acceptors (Lipinski definition) is 3. The number of rotatable bonds is 2. The number of ether oxygens (including phenoxy) is 1. The first-order valence-electron chi connectivity index (χ1n) is 4.86. The summed E-state index contributed by atoms with van der Waals surface area (Å²) < 4.78 is 18.3. The van der Waals surface area contributed by atoms with Gasteiger partial charge in [0.25, 0.3) is 0 Å². The second kappa shape index (κ2) is 4.59. The molecule has 1 heterocycles. The Kier molecular flexibility index (Phi) is 3.15. The number of nitrogens with zero attached hydrogens (tertiary/aromatic N) is 1. The fourth-order valence-corrected chi connectivity index (χ4v) is 1.72. The van der Waals surface area contributed by atoms with Crippen molar-refractivity contribution in [2.75, 3.05) is 12.8 Å². The molecule has 0 unspecified atom stereocenters. The van der Waals surface area contributed by atoms with E-state index in [1.165, 1.54) is 19.2 Å². The van der Waals surface area contributed by atoms with Gasteiger partial charge in [-0.3, -0.25) is 0 Å². The topological polar surface area (TPSA) is 48.1 Å². The minimum absolute atomic E-state index is 0.191. The van der Waals surface area contributed by atoms with Crippen LogP contribution in [0.2, 0.25) is 5.02 Å². The zero-order chi connectivity index (χ0) is 12.4. The molecule has 3 nitrogen and oxygen atoms in total. The Morgan fingerprint density at radius 2 is 2.12 bits per heavy atom. The lowest BCUT2D eigenvalue weighted by atomic mass is 10.0. The van der Waals surface area contributed by atoms with Gasteiger partial charge in [-0.15, -0.1) is 0 Å². The van der Waals surface area contributed by atoms with E-state index in [1.807, 2.05) is 0 Å². The molecular weight excluding hydrogens is 243 g/mol. The molecule has 0 aliphatic heterocycles. The first kappa shape index (κ1) is 11.7. The minimum Gasteiger partial charge on any atom is -0.481 e. The molecule has 2 N–H and O–H groups in total. The van der Waals surface area contributed by atoms with E-state index in [4.69, 9.17) is 22.1 Å². The lowest BCUT2D eigenvalue weighted by Crippen LogP contribution is -1.94. The highest BCUT2D eigenvalue weighted by Gasteiger charge is 2.09.